The summed E-state index contributed by atoms with van der Waals surface area (Å²) >= 11 is 0. The number of nitrogens with zero attached hydrogens (tertiary/aromatic N) is 2. The predicted octanol–water partition coefficient (Wildman–Crippen LogP) is 2.43. The molecular formula is C20H34N4O2. The number of rotatable bonds is 7. The van der Waals surface area contributed by atoms with Crippen LogP contribution in [-0.4, -0.2) is 57.2 Å². The Bertz CT molecular complexity index is 579. The number of likely N-dealkylation sites (N-methyl/N-ethyl adjacent to an activating group) is 1. The minimum atomic E-state index is -0.0439. The molecule has 146 valence electrons. The van der Waals surface area contributed by atoms with E-state index in [0.717, 1.165) is 5.56 Å². The zero-order valence-corrected chi connectivity index (χ0v) is 17.2. The minimum Gasteiger partial charge on any atom is -0.379 e. The van der Waals surface area contributed by atoms with Crippen LogP contribution >= 0.6 is 0 Å². The highest BCUT2D eigenvalue weighted by Crippen LogP contribution is 2.21. The number of carbonyl (C=O) groups is 1. The number of carbonyl (C=O) groups excluding carboxylic acids is 1. The van der Waals surface area contributed by atoms with Crippen molar-refractivity contribution < 1.29 is 9.53 Å². The Hall–Kier alpha value is -2.08. The lowest BCUT2D eigenvalue weighted by Crippen LogP contribution is -2.46. The average Bonchev–Trinajstić information content (AvgIpc) is 2.58. The molecule has 1 aromatic rings. The summed E-state index contributed by atoms with van der Waals surface area (Å²) in [6, 6.07) is 10.2. The topological polar surface area (TPSA) is 66.0 Å². The van der Waals surface area contributed by atoms with Gasteiger partial charge < -0.3 is 20.3 Å². The maximum Gasteiger partial charge on any atom is 0.243 e. The molecule has 26 heavy (non-hydrogen) atoms. The largest absolute Gasteiger partial charge is 0.379 e. The fourth-order valence-electron chi connectivity index (χ4n) is 2.40. The average molecular weight is 363 g/mol. The highest BCUT2D eigenvalue weighted by atomic mass is 16.5. The van der Waals surface area contributed by atoms with E-state index in [0.29, 0.717) is 12.5 Å². The van der Waals surface area contributed by atoms with Crippen molar-refractivity contribution in [2.75, 3.05) is 34.3 Å². The molecule has 0 aliphatic carbocycles. The van der Waals surface area contributed by atoms with Gasteiger partial charge in [0.2, 0.25) is 5.91 Å². The number of hydrogen-bond acceptors (Lipinski definition) is 3. The molecule has 2 N–H and O–H groups in total. The van der Waals surface area contributed by atoms with Gasteiger partial charge in [-0.25, -0.2) is 4.99 Å². The highest BCUT2D eigenvalue weighted by Gasteiger charge is 2.24. The molecule has 0 aliphatic rings. The standard InChI is InChI=1S/C20H34N4O2/c1-15(16-11-9-8-10-12-16)23-19(22-14-18(25)24(5)6)21-13-17(26-7)20(2,3)4/h8-12,15,17H,13-14H2,1-7H3,(H2,21,22,23). The maximum absolute atomic E-state index is 11.9. The van der Waals surface area contributed by atoms with Crippen LogP contribution in [0.1, 0.15) is 39.3 Å². The third-order valence-electron chi connectivity index (χ3n) is 4.23. The quantitative estimate of drug-likeness (QED) is 0.578. The van der Waals surface area contributed by atoms with E-state index >= 15 is 0 Å². The van der Waals surface area contributed by atoms with Crippen molar-refractivity contribution in [3.63, 3.8) is 0 Å². The molecule has 0 aromatic heterocycles. The van der Waals surface area contributed by atoms with E-state index in [4.69, 9.17) is 4.74 Å². The van der Waals surface area contributed by atoms with Crippen molar-refractivity contribution in [2.24, 2.45) is 10.4 Å². The Labute approximate surface area is 158 Å². The molecule has 0 spiro atoms. The lowest BCUT2D eigenvalue weighted by Gasteiger charge is -2.30. The van der Waals surface area contributed by atoms with Gasteiger partial charge in [-0.15, -0.1) is 0 Å². The van der Waals surface area contributed by atoms with Crippen LogP contribution in [-0.2, 0) is 9.53 Å². The van der Waals surface area contributed by atoms with Gasteiger partial charge in [-0.1, -0.05) is 51.1 Å². The Morgan fingerprint density at radius 1 is 1.23 bits per heavy atom. The van der Waals surface area contributed by atoms with Gasteiger partial charge in [-0.05, 0) is 17.9 Å². The SMILES string of the molecule is COC(CNC(=NCC(=O)N(C)C)NC(C)c1ccccc1)C(C)(C)C. The molecule has 1 amide bonds. The number of nitrogens with one attached hydrogen (secondary N) is 2. The van der Waals surface area contributed by atoms with E-state index in [1.807, 2.05) is 18.2 Å². The summed E-state index contributed by atoms with van der Waals surface area (Å²) in [6.07, 6.45) is 0.0195. The van der Waals surface area contributed by atoms with Crippen LogP contribution in [0.25, 0.3) is 0 Å². The first-order valence-electron chi connectivity index (χ1n) is 8.98. The molecule has 2 unspecified atom stereocenters. The molecule has 2 atom stereocenters. The fourth-order valence-corrected chi connectivity index (χ4v) is 2.40. The molecule has 0 fully saturated rings. The Morgan fingerprint density at radius 2 is 1.85 bits per heavy atom. The number of guanidine groups is 1. The summed E-state index contributed by atoms with van der Waals surface area (Å²) in [5.41, 5.74) is 1.15. The molecule has 0 heterocycles. The minimum absolute atomic E-state index is 0.00262. The molecule has 0 radical (unpaired) electrons. The van der Waals surface area contributed by atoms with Gasteiger partial charge in [-0.3, -0.25) is 4.79 Å². The number of aliphatic imine (C=N–C) groups is 1. The fraction of sp³-hybridized carbons (Fsp3) is 0.600. The van der Waals surface area contributed by atoms with E-state index in [1.165, 1.54) is 4.90 Å². The second kappa shape index (κ2) is 10.2. The van der Waals surface area contributed by atoms with Crippen molar-refractivity contribution in [1.29, 1.82) is 0 Å². The van der Waals surface area contributed by atoms with Gasteiger partial charge in [0.05, 0.1) is 12.1 Å². The van der Waals surface area contributed by atoms with E-state index in [1.54, 1.807) is 21.2 Å². The van der Waals surface area contributed by atoms with Crippen molar-refractivity contribution in [3.8, 4) is 0 Å². The zero-order chi connectivity index (χ0) is 19.7. The number of hydrogen-bond donors (Lipinski definition) is 2. The molecule has 0 bridgehead atoms. The second-order valence-electron chi connectivity index (χ2n) is 7.70. The molecule has 0 aliphatic heterocycles. The van der Waals surface area contributed by atoms with E-state index in [9.17, 15) is 4.79 Å². The van der Waals surface area contributed by atoms with Crippen LogP contribution in [0, 0.1) is 5.41 Å². The van der Waals surface area contributed by atoms with E-state index in [2.05, 4.69) is 55.5 Å². The third-order valence-corrected chi connectivity index (χ3v) is 4.23. The van der Waals surface area contributed by atoms with Gasteiger partial charge >= 0.3 is 0 Å². The van der Waals surface area contributed by atoms with Crippen LogP contribution in [0.15, 0.2) is 35.3 Å². The van der Waals surface area contributed by atoms with Crippen molar-refractivity contribution in [1.82, 2.24) is 15.5 Å². The number of amides is 1. The molecule has 1 rings (SSSR count). The normalized spacial score (nSPS) is 14.5. The Kier molecular flexibility index (Phi) is 8.58. The van der Waals surface area contributed by atoms with Crippen molar-refractivity contribution >= 4 is 11.9 Å². The summed E-state index contributed by atoms with van der Waals surface area (Å²) in [7, 11) is 5.17. The van der Waals surface area contributed by atoms with Crippen molar-refractivity contribution in [3.05, 3.63) is 35.9 Å². The molecule has 0 saturated heterocycles. The van der Waals surface area contributed by atoms with Crippen LogP contribution in [0.3, 0.4) is 0 Å². The molecular weight excluding hydrogens is 328 g/mol. The summed E-state index contributed by atoms with van der Waals surface area (Å²) < 4.78 is 5.60. The number of ether oxygens (including phenoxy) is 1. The molecule has 0 saturated carbocycles. The second-order valence-corrected chi connectivity index (χ2v) is 7.70. The monoisotopic (exact) mass is 362 g/mol. The summed E-state index contributed by atoms with van der Waals surface area (Å²) in [4.78, 5) is 17.9. The number of benzene rings is 1. The Balaban J connectivity index is 2.84. The van der Waals surface area contributed by atoms with Crippen LogP contribution in [0.4, 0.5) is 0 Å². The lowest BCUT2D eigenvalue weighted by molar-refractivity contribution is -0.127. The van der Waals surface area contributed by atoms with Crippen LogP contribution < -0.4 is 10.6 Å². The third kappa shape index (κ3) is 7.44. The first-order valence-corrected chi connectivity index (χ1v) is 8.98. The lowest BCUT2D eigenvalue weighted by atomic mass is 9.89. The smallest absolute Gasteiger partial charge is 0.243 e. The van der Waals surface area contributed by atoms with Gasteiger partial charge in [0.1, 0.15) is 6.54 Å². The first-order chi connectivity index (χ1) is 12.1. The van der Waals surface area contributed by atoms with Gasteiger partial charge in [0.25, 0.3) is 0 Å². The molecule has 6 heteroatoms. The maximum atomic E-state index is 11.9. The zero-order valence-electron chi connectivity index (χ0n) is 17.2. The first kappa shape index (κ1) is 22.0. The summed E-state index contributed by atoms with van der Waals surface area (Å²) in [5, 5.41) is 6.69. The van der Waals surface area contributed by atoms with Crippen LogP contribution in [0.5, 0.6) is 0 Å². The highest BCUT2D eigenvalue weighted by molar-refractivity contribution is 5.85. The van der Waals surface area contributed by atoms with Gasteiger partial charge in [0, 0.05) is 27.7 Å². The predicted molar refractivity (Wildman–Crippen MR) is 107 cm³/mol. The van der Waals surface area contributed by atoms with Crippen molar-refractivity contribution in [2.45, 2.75) is 39.8 Å². The Morgan fingerprint density at radius 3 is 2.35 bits per heavy atom. The molecule has 6 nitrogen and oxygen atoms in total. The van der Waals surface area contributed by atoms with E-state index < -0.39 is 0 Å². The van der Waals surface area contributed by atoms with Gasteiger partial charge in [0.15, 0.2) is 5.96 Å². The van der Waals surface area contributed by atoms with E-state index in [-0.39, 0.29) is 30.0 Å². The van der Waals surface area contributed by atoms with Crippen LogP contribution in [0.2, 0.25) is 0 Å². The van der Waals surface area contributed by atoms with Gasteiger partial charge in [-0.2, -0.15) is 0 Å². The number of methoxy groups -OCH3 is 1. The summed E-state index contributed by atoms with van der Waals surface area (Å²) in [5.74, 6) is 0.556. The summed E-state index contributed by atoms with van der Waals surface area (Å²) in [6.45, 7) is 9.16. The molecule has 1 aromatic carbocycles.